The van der Waals surface area contributed by atoms with Crippen molar-refractivity contribution in [2.75, 3.05) is 81.2 Å². The standard InChI is InChI=1S/C48H67N11O4/c1-31(60)7-9-40(32(2)49)59-28-37-35(46(59)61)8-10-41(45(37)62-6)56-17-11-34(12-18-56)27-58-22-21-55(29-47(58,3)4)26-33-13-19-57(20-14-33)42-24-38(51-30-52-42)44-36-23-43(63-48(5)15-16-48)50-25-39(36)53-54-44/h8,10,23-25,30,33-34,40,44,53-54H,2,7,9,11-22,26-29,49H2,1,3-6H3. The molecule has 2 atom stereocenters. The van der Waals surface area contributed by atoms with Gasteiger partial charge in [-0.25, -0.2) is 20.4 Å². The molecule has 4 N–H and O–H groups in total. The Morgan fingerprint density at radius 1 is 0.968 bits per heavy atom. The van der Waals surface area contributed by atoms with E-state index in [4.69, 9.17) is 25.2 Å². The first kappa shape index (κ1) is 43.3. The summed E-state index contributed by atoms with van der Waals surface area (Å²) in [7, 11) is 1.69. The number of rotatable bonds is 15. The van der Waals surface area contributed by atoms with Gasteiger partial charge in [-0.2, -0.15) is 0 Å². The van der Waals surface area contributed by atoms with Crippen LogP contribution in [0, 0.1) is 11.8 Å². The van der Waals surface area contributed by atoms with Crippen LogP contribution in [0.15, 0.2) is 49.1 Å². The minimum Gasteiger partial charge on any atom is -0.494 e. The fraction of sp³-hybridized carbons (Fsp3) is 0.604. The van der Waals surface area contributed by atoms with E-state index in [2.05, 4.69) is 68.9 Å². The SMILES string of the molecule is C=C(N)C(CCC(C)=O)N1Cc2c(ccc(N3CCC(CN4CCN(CC5CCN(c6cc(C7NNc8cnc(OC9(C)CC9)cc87)ncn6)CC5)CC4(C)C)CC3)c2OC)C1=O. The highest BCUT2D eigenvalue weighted by Crippen LogP contribution is 2.43. The van der Waals surface area contributed by atoms with Gasteiger partial charge in [0.25, 0.3) is 5.91 Å². The smallest absolute Gasteiger partial charge is 0.255 e. The lowest BCUT2D eigenvalue weighted by molar-refractivity contribution is -0.117. The Bertz CT molecular complexity index is 2200. The predicted molar refractivity (Wildman–Crippen MR) is 245 cm³/mol. The number of hydrogen-bond donors (Lipinski definition) is 3. The van der Waals surface area contributed by atoms with Gasteiger partial charge in [-0.1, -0.05) is 6.58 Å². The van der Waals surface area contributed by atoms with Gasteiger partial charge < -0.3 is 40.1 Å². The molecule has 2 aromatic heterocycles. The maximum atomic E-state index is 13.6. The molecule has 2 unspecified atom stereocenters. The van der Waals surface area contributed by atoms with E-state index in [9.17, 15) is 9.59 Å². The summed E-state index contributed by atoms with van der Waals surface area (Å²) in [4.78, 5) is 51.3. The third-order valence-electron chi connectivity index (χ3n) is 14.7. The van der Waals surface area contributed by atoms with Gasteiger partial charge in [0.05, 0.1) is 49.0 Å². The first-order valence-corrected chi connectivity index (χ1v) is 23.2. The average Bonchev–Trinajstić information content (AvgIpc) is 3.68. The van der Waals surface area contributed by atoms with Crippen LogP contribution >= 0.6 is 0 Å². The third-order valence-corrected chi connectivity index (χ3v) is 14.7. The summed E-state index contributed by atoms with van der Waals surface area (Å²) in [5, 5.41) is 0. The van der Waals surface area contributed by atoms with Crippen molar-refractivity contribution in [2.45, 2.75) is 109 Å². The topological polar surface area (TPSA) is 158 Å². The van der Waals surface area contributed by atoms with Gasteiger partial charge in [-0.15, -0.1) is 0 Å². The number of hydrazine groups is 1. The second-order valence-electron chi connectivity index (χ2n) is 19.9. The van der Waals surface area contributed by atoms with Crippen LogP contribution in [0.5, 0.6) is 11.6 Å². The summed E-state index contributed by atoms with van der Waals surface area (Å²) < 4.78 is 12.2. The lowest BCUT2D eigenvalue weighted by atomic mass is 9.90. The Kier molecular flexibility index (Phi) is 12.0. The zero-order valence-corrected chi connectivity index (χ0v) is 38.0. The molecule has 9 rings (SSSR count). The lowest BCUT2D eigenvalue weighted by Crippen LogP contribution is -2.61. The molecule has 6 aliphatic rings. The molecule has 5 aliphatic heterocycles. The van der Waals surface area contributed by atoms with Gasteiger partial charge in [0, 0.05) is 105 Å². The van der Waals surface area contributed by atoms with E-state index in [1.165, 1.54) is 0 Å². The molecule has 0 bridgehead atoms. The second kappa shape index (κ2) is 17.5. The van der Waals surface area contributed by atoms with Crippen LogP contribution in [0.1, 0.15) is 112 Å². The number of hydrogen-bond acceptors (Lipinski definition) is 14. The monoisotopic (exact) mass is 862 g/mol. The molecule has 1 saturated carbocycles. The summed E-state index contributed by atoms with van der Waals surface area (Å²) >= 11 is 0. The molecule has 338 valence electrons. The Labute approximate surface area is 372 Å². The zero-order valence-electron chi connectivity index (χ0n) is 38.0. The highest BCUT2D eigenvalue weighted by Gasteiger charge is 2.42. The van der Waals surface area contributed by atoms with Crippen molar-refractivity contribution in [2.24, 2.45) is 17.6 Å². The fourth-order valence-electron chi connectivity index (χ4n) is 10.7. The zero-order chi connectivity index (χ0) is 44.0. The number of ether oxygens (including phenoxy) is 2. The van der Waals surface area contributed by atoms with Crippen LogP contribution in [0.2, 0.25) is 0 Å². The second-order valence-corrected chi connectivity index (χ2v) is 19.9. The molecule has 3 saturated heterocycles. The van der Waals surface area contributed by atoms with Crippen LogP contribution in [0.25, 0.3) is 0 Å². The number of nitrogens with one attached hydrogen (secondary N) is 2. The van der Waals surface area contributed by atoms with Gasteiger partial charge in [-0.3, -0.25) is 14.6 Å². The first-order valence-electron chi connectivity index (χ1n) is 23.2. The third kappa shape index (κ3) is 9.19. The fourth-order valence-corrected chi connectivity index (χ4v) is 10.7. The van der Waals surface area contributed by atoms with Crippen molar-refractivity contribution in [1.29, 1.82) is 0 Å². The van der Waals surface area contributed by atoms with E-state index >= 15 is 0 Å². The van der Waals surface area contributed by atoms with E-state index in [1.807, 2.05) is 24.4 Å². The molecule has 1 amide bonds. The number of Topliss-reactive ketones (excluding diaryl/α,β-unsaturated/α-hetero) is 1. The van der Waals surface area contributed by atoms with Crippen molar-refractivity contribution in [3.05, 3.63) is 71.4 Å². The number of piperidine rings is 2. The molecule has 63 heavy (non-hydrogen) atoms. The van der Waals surface area contributed by atoms with E-state index in [0.717, 1.165) is 137 Å². The number of nitrogens with zero attached hydrogens (tertiary/aromatic N) is 8. The minimum atomic E-state index is -0.394. The van der Waals surface area contributed by atoms with Gasteiger partial charge in [0.2, 0.25) is 5.88 Å². The van der Waals surface area contributed by atoms with Gasteiger partial charge in [0.15, 0.2) is 0 Å². The number of nitrogens with two attached hydrogens (primary N) is 1. The molecule has 7 heterocycles. The maximum absolute atomic E-state index is 13.6. The number of piperazine rings is 1. The van der Waals surface area contributed by atoms with Crippen molar-refractivity contribution < 1.29 is 19.1 Å². The maximum Gasteiger partial charge on any atom is 0.255 e. The van der Waals surface area contributed by atoms with E-state index in [0.29, 0.717) is 48.4 Å². The molecular weight excluding hydrogens is 795 g/mol. The van der Waals surface area contributed by atoms with Crippen LogP contribution in [-0.4, -0.2) is 125 Å². The normalized spacial score (nSPS) is 23.0. The van der Waals surface area contributed by atoms with Gasteiger partial charge >= 0.3 is 0 Å². The molecule has 15 nitrogen and oxygen atoms in total. The number of carbonyl (C=O) groups is 2. The molecule has 0 spiro atoms. The average molecular weight is 862 g/mol. The van der Waals surface area contributed by atoms with E-state index in [-0.39, 0.29) is 28.9 Å². The Balaban J connectivity index is 0.741. The van der Waals surface area contributed by atoms with Crippen LogP contribution in [0.3, 0.4) is 0 Å². The largest absolute Gasteiger partial charge is 0.494 e. The summed E-state index contributed by atoms with van der Waals surface area (Å²) in [6, 6.07) is 7.67. The molecule has 3 aromatic rings. The number of benzene rings is 1. The van der Waals surface area contributed by atoms with Crippen LogP contribution < -0.4 is 35.9 Å². The van der Waals surface area contributed by atoms with Crippen molar-refractivity contribution in [3.8, 4) is 11.6 Å². The number of pyridine rings is 1. The number of ketones is 1. The number of methoxy groups -OCH3 is 1. The Hall–Kier alpha value is -4.99. The molecule has 4 fully saturated rings. The number of fused-ring (bicyclic) bond motifs is 2. The first-order chi connectivity index (χ1) is 30.3. The number of amides is 1. The Morgan fingerprint density at radius 2 is 1.70 bits per heavy atom. The van der Waals surface area contributed by atoms with Gasteiger partial charge in [0.1, 0.15) is 29.3 Å². The highest BCUT2D eigenvalue weighted by atomic mass is 16.5. The van der Waals surface area contributed by atoms with E-state index in [1.54, 1.807) is 25.3 Å². The Morgan fingerprint density at radius 3 is 2.38 bits per heavy atom. The van der Waals surface area contributed by atoms with Crippen molar-refractivity contribution in [1.82, 2.24) is 35.1 Å². The van der Waals surface area contributed by atoms with Gasteiger partial charge in [-0.05, 0) is 96.6 Å². The molecule has 1 aromatic carbocycles. The summed E-state index contributed by atoms with van der Waals surface area (Å²) in [6.07, 6.45) is 11.0. The molecule has 15 heteroatoms. The minimum absolute atomic E-state index is 0.0714. The quantitative estimate of drug-likeness (QED) is 0.175. The molecular formula is C48H67N11O4. The van der Waals surface area contributed by atoms with E-state index < -0.39 is 6.04 Å². The van der Waals surface area contributed by atoms with Crippen molar-refractivity contribution >= 4 is 28.9 Å². The summed E-state index contributed by atoms with van der Waals surface area (Å²) in [6.45, 7) is 22.3. The molecule has 0 radical (unpaired) electrons. The predicted octanol–water partition coefficient (Wildman–Crippen LogP) is 5.53. The highest BCUT2D eigenvalue weighted by molar-refractivity contribution is 6.00. The number of aromatic nitrogens is 3. The van der Waals surface area contributed by atoms with Crippen LogP contribution in [0.4, 0.5) is 17.2 Å². The molecule has 1 aliphatic carbocycles. The van der Waals surface area contributed by atoms with Crippen molar-refractivity contribution in [3.63, 3.8) is 0 Å². The summed E-state index contributed by atoms with van der Waals surface area (Å²) in [5.74, 6) is 3.71. The number of carbonyl (C=O) groups excluding carboxylic acids is 2. The van der Waals surface area contributed by atoms with Crippen LogP contribution in [-0.2, 0) is 11.3 Å². The number of anilines is 3. The summed E-state index contributed by atoms with van der Waals surface area (Å²) in [5.41, 5.74) is 18.8. The lowest BCUT2D eigenvalue weighted by Gasteiger charge is -2.50.